The summed E-state index contributed by atoms with van der Waals surface area (Å²) in [7, 11) is 0. The third-order valence-corrected chi connectivity index (χ3v) is 6.72. The number of nitrogens with two attached hydrogens (primary N) is 2. The van der Waals surface area contributed by atoms with Crippen LogP contribution in [-0.2, 0) is 6.18 Å². The van der Waals surface area contributed by atoms with Crippen LogP contribution in [-0.4, -0.2) is 46.1 Å². The van der Waals surface area contributed by atoms with Crippen LogP contribution in [0.5, 0.6) is 5.75 Å². The molecule has 3 heterocycles. The van der Waals surface area contributed by atoms with E-state index in [0.29, 0.717) is 28.8 Å². The Hall–Kier alpha value is -3.92. The number of piperidine rings is 1. The number of nitrogens with zero attached hydrogens (tertiary/aromatic N) is 4. The lowest BCUT2D eigenvalue weighted by molar-refractivity contribution is -0.137. The van der Waals surface area contributed by atoms with Gasteiger partial charge in [0.2, 0.25) is 5.95 Å². The predicted molar refractivity (Wildman–Crippen MR) is 142 cm³/mol. The highest BCUT2D eigenvalue weighted by Crippen LogP contribution is 2.37. The fourth-order valence-electron chi connectivity index (χ4n) is 4.80. The maximum absolute atomic E-state index is 13.1. The molecule has 1 saturated heterocycles. The van der Waals surface area contributed by atoms with E-state index < -0.39 is 11.7 Å². The van der Waals surface area contributed by atoms with Gasteiger partial charge in [-0.15, -0.1) is 0 Å². The molecule has 0 aliphatic carbocycles. The van der Waals surface area contributed by atoms with Crippen LogP contribution in [0.2, 0.25) is 0 Å². The number of anilines is 2. The molecule has 2 aromatic carbocycles. The molecule has 4 aromatic rings. The van der Waals surface area contributed by atoms with Crippen molar-refractivity contribution in [1.82, 2.24) is 19.9 Å². The summed E-state index contributed by atoms with van der Waals surface area (Å²) >= 11 is 0. The van der Waals surface area contributed by atoms with E-state index in [0.717, 1.165) is 36.4 Å². The second kappa shape index (κ2) is 10.8. The molecule has 0 amide bonds. The number of nitrogen functional groups attached to an aromatic ring is 2. The molecule has 4 N–H and O–H groups in total. The molecule has 0 atom stereocenters. The first-order chi connectivity index (χ1) is 18.3. The van der Waals surface area contributed by atoms with Gasteiger partial charge in [-0.2, -0.15) is 18.2 Å². The molecule has 0 bridgehead atoms. The molecule has 0 radical (unpaired) electrons. The minimum atomic E-state index is -4.44. The van der Waals surface area contributed by atoms with Gasteiger partial charge in [0, 0.05) is 23.7 Å². The number of alkyl halides is 3. The van der Waals surface area contributed by atoms with Crippen LogP contribution in [0.1, 0.15) is 31.2 Å². The Morgan fingerprint density at radius 1 is 0.895 bits per heavy atom. The zero-order valence-electron chi connectivity index (χ0n) is 20.8. The van der Waals surface area contributed by atoms with Gasteiger partial charge in [0.05, 0.1) is 28.9 Å². The lowest BCUT2D eigenvalue weighted by Gasteiger charge is -2.26. The van der Waals surface area contributed by atoms with Gasteiger partial charge in [0.25, 0.3) is 0 Å². The summed E-state index contributed by atoms with van der Waals surface area (Å²) in [4.78, 5) is 15.3. The molecule has 1 fully saturated rings. The first-order valence-electron chi connectivity index (χ1n) is 12.6. The van der Waals surface area contributed by atoms with Crippen LogP contribution in [0.15, 0.2) is 54.7 Å². The Morgan fingerprint density at radius 3 is 2.39 bits per heavy atom. The average molecular weight is 523 g/mol. The lowest BCUT2D eigenvalue weighted by atomic mass is 9.99. The van der Waals surface area contributed by atoms with Gasteiger partial charge < -0.3 is 21.1 Å². The number of benzene rings is 2. The average Bonchev–Trinajstić information content (AvgIpc) is 2.91. The first-order valence-corrected chi connectivity index (χ1v) is 12.6. The summed E-state index contributed by atoms with van der Waals surface area (Å²) in [6.07, 6.45) is 1.86. The number of fused-ring (bicyclic) bond motifs is 1. The highest BCUT2D eigenvalue weighted by Gasteiger charge is 2.30. The standard InChI is InChI=1S/C28H29F3N6O/c29-28(30,31)21-8-5-19-15-20(17-34-23(19)16-21)25-24(26(32)36-27(33)35-25)18-6-9-22(10-7-18)38-14-4-13-37-11-2-1-3-12-37/h5-10,15-17H,1-4,11-14H2,(H4,32,33,35,36). The minimum Gasteiger partial charge on any atom is -0.494 e. The van der Waals surface area contributed by atoms with Crippen LogP contribution < -0.4 is 16.2 Å². The van der Waals surface area contributed by atoms with Crippen molar-refractivity contribution < 1.29 is 17.9 Å². The van der Waals surface area contributed by atoms with E-state index in [1.165, 1.54) is 44.6 Å². The van der Waals surface area contributed by atoms with Gasteiger partial charge in [-0.1, -0.05) is 24.6 Å². The van der Waals surface area contributed by atoms with Gasteiger partial charge in [0.1, 0.15) is 11.6 Å². The summed E-state index contributed by atoms with van der Waals surface area (Å²) in [5, 5.41) is 0.533. The van der Waals surface area contributed by atoms with E-state index in [1.54, 1.807) is 6.07 Å². The molecule has 2 aromatic heterocycles. The molecular weight excluding hydrogens is 493 g/mol. The molecule has 5 rings (SSSR count). The maximum Gasteiger partial charge on any atom is 0.416 e. The van der Waals surface area contributed by atoms with Gasteiger partial charge in [-0.3, -0.25) is 4.98 Å². The van der Waals surface area contributed by atoms with E-state index >= 15 is 0 Å². The summed E-state index contributed by atoms with van der Waals surface area (Å²) in [6, 6.07) is 12.6. The molecule has 38 heavy (non-hydrogen) atoms. The van der Waals surface area contributed by atoms with Crippen molar-refractivity contribution in [2.75, 3.05) is 37.7 Å². The van der Waals surface area contributed by atoms with E-state index in [4.69, 9.17) is 16.2 Å². The Kier molecular flexibility index (Phi) is 7.33. The smallest absolute Gasteiger partial charge is 0.416 e. The number of rotatable bonds is 7. The largest absolute Gasteiger partial charge is 0.494 e. The Balaban J connectivity index is 1.37. The van der Waals surface area contributed by atoms with Gasteiger partial charge in [0.15, 0.2) is 0 Å². The third-order valence-electron chi connectivity index (χ3n) is 6.72. The molecule has 10 heteroatoms. The number of hydrogen-bond donors (Lipinski definition) is 2. The summed E-state index contributed by atoms with van der Waals surface area (Å²) in [5.41, 5.74) is 14.0. The number of aromatic nitrogens is 3. The van der Waals surface area contributed by atoms with E-state index in [-0.39, 0.29) is 17.3 Å². The number of halogens is 3. The van der Waals surface area contributed by atoms with E-state index in [2.05, 4.69) is 19.9 Å². The molecule has 0 unspecified atom stereocenters. The van der Waals surface area contributed by atoms with Crippen LogP contribution in [0.25, 0.3) is 33.3 Å². The van der Waals surface area contributed by atoms with Crippen LogP contribution >= 0.6 is 0 Å². The first kappa shape index (κ1) is 25.7. The number of hydrogen-bond acceptors (Lipinski definition) is 7. The predicted octanol–water partition coefficient (Wildman–Crippen LogP) is 5.80. The highest BCUT2D eigenvalue weighted by molar-refractivity contribution is 5.91. The Bertz CT molecular complexity index is 1420. The Labute approximate surface area is 218 Å². The third kappa shape index (κ3) is 5.80. The second-order valence-electron chi connectivity index (χ2n) is 9.45. The molecule has 0 saturated carbocycles. The van der Waals surface area contributed by atoms with Gasteiger partial charge >= 0.3 is 6.18 Å². The molecular formula is C28H29F3N6O. The van der Waals surface area contributed by atoms with Crippen LogP contribution in [0.4, 0.5) is 24.9 Å². The fourth-order valence-corrected chi connectivity index (χ4v) is 4.80. The molecule has 7 nitrogen and oxygen atoms in total. The maximum atomic E-state index is 13.1. The van der Waals surface area contributed by atoms with Crippen molar-refractivity contribution in [3.8, 4) is 28.1 Å². The minimum absolute atomic E-state index is 0.0116. The number of pyridine rings is 1. The highest BCUT2D eigenvalue weighted by atomic mass is 19.4. The van der Waals surface area contributed by atoms with Crippen molar-refractivity contribution in [1.29, 1.82) is 0 Å². The monoisotopic (exact) mass is 522 g/mol. The van der Waals surface area contributed by atoms with E-state index in [1.807, 2.05) is 24.3 Å². The molecule has 198 valence electrons. The summed E-state index contributed by atoms with van der Waals surface area (Å²) < 4.78 is 45.2. The van der Waals surface area contributed by atoms with Crippen molar-refractivity contribution >= 4 is 22.7 Å². The Morgan fingerprint density at radius 2 is 1.66 bits per heavy atom. The van der Waals surface area contributed by atoms with Crippen molar-refractivity contribution in [3.63, 3.8) is 0 Å². The van der Waals surface area contributed by atoms with Crippen molar-refractivity contribution in [2.45, 2.75) is 31.9 Å². The van der Waals surface area contributed by atoms with E-state index in [9.17, 15) is 13.2 Å². The zero-order chi connectivity index (χ0) is 26.7. The molecule has 0 spiro atoms. The van der Waals surface area contributed by atoms with Crippen molar-refractivity contribution in [2.24, 2.45) is 0 Å². The van der Waals surface area contributed by atoms with Gasteiger partial charge in [-0.05, 0) is 68.2 Å². The lowest BCUT2D eigenvalue weighted by Crippen LogP contribution is -2.31. The van der Waals surface area contributed by atoms with Crippen LogP contribution in [0.3, 0.4) is 0 Å². The second-order valence-corrected chi connectivity index (χ2v) is 9.45. The fraction of sp³-hybridized carbons (Fsp3) is 0.321. The zero-order valence-corrected chi connectivity index (χ0v) is 20.8. The quantitative estimate of drug-likeness (QED) is 0.296. The van der Waals surface area contributed by atoms with Gasteiger partial charge in [-0.25, -0.2) is 4.98 Å². The number of ether oxygens (including phenoxy) is 1. The normalized spacial score (nSPS) is 14.6. The molecule has 1 aliphatic rings. The van der Waals surface area contributed by atoms with Crippen molar-refractivity contribution in [3.05, 3.63) is 60.3 Å². The number of likely N-dealkylation sites (tertiary alicyclic amines) is 1. The summed E-state index contributed by atoms with van der Waals surface area (Å²) in [6.45, 7) is 4.01. The molecule has 1 aliphatic heterocycles. The summed E-state index contributed by atoms with van der Waals surface area (Å²) in [5.74, 6) is 0.925. The van der Waals surface area contributed by atoms with Crippen LogP contribution in [0, 0.1) is 0 Å². The SMILES string of the molecule is Nc1nc(N)c(-c2ccc(OCCCN3CCCCC3)cc2)c(-c2cnc3cc(C(F)(F)F)ccc3c2)n1. The topological polar surface area (TPSA) is 103 Å².